The Hall–Kier alpha value is -1.44. The number of phenols is 1. The number of amides is 2. The number of anilines is 1. The van der Waals surface area contributed by atoms with Crippen LogP contribution in [0.2, 0.25) is 5.02 Å². The summed E-state index contributed by atoms with van der Waals surface area (Å²) >= 11 is 6.96. The molecule has 8 heteroatoms. The van der Waals surface area contributed by atoms with E-state index in [1.54, 1.807) is 11.0 Å². The van der Waals surface area contributed by atoms with Crippen molar-refractivity contribution in [2.24, 2.45) is 0 Å². The van der Waals surface area contributed by atoms with Gasteiger partial charge in [-0.2, -0.15) is 0 Å². The maximum Gasteiger partial charge on any atom is 0.234 e. The third kappa shape index (κ3) is 5.08. The summed E-state index contributed by atoms with van der Waals surface area (Å²) in [5, 5.41) is 12.6. The molecular weight excluding hydrogens is 328 g/mol. The molecular formula is C14H17ClN2O4S. The zero-order valence-corrected chi connectivity index (χ0v) is 13.5. The SMILES string of the molecule is O=C(CSCC(=O)N1CCOCC1)Nc1ccc(Cl)cc1O. The molecule has 0 bridgehead atoms. The van der Waals surface area contributed by atoms with Crippen molar-refractivity contribution in [1.29, 1.82) is 0 Å². The standard InChI is InChI=1S/C14H17ClN2O4S/c15-10-1-2-11(12(18)7-10)16-13(19)8-22-9-14(20)17-3-5-21-6-4-17/h1-2,7,18H,3-6,8-9H2,(H,16,19). The van der Waals surface area contributed by atoms with Gasteiger partial charge < -0.3 is 20.1 Å². The number of halogens is 1. The average Bonchev–Trinajstić information content (AvgIpc) is 2.51. The number of carbonyl (C=O) groups is 2. The minimum atomic E-state index is -0.280. The maximum absolute atomic E-state index is 11.9. The molecule has 2 rings (SSSR count). The van der Waals surface area contributed by atoms with E-state index in [-0.39, 0.29) is 29.1 Å². The second-order valence-electron chi connectivity index (χ2n) is 4.70. The van der Waals surface area contributed by atoms with Gasteiger partial charge >= 0.3 is 0 Å². The van der Waals surface area contributed by atoms with Crippen LogP contribution in [-0.2, 0) is 14.3 Å². The van der Waals surface area contributed by atoms with Gasteiger partial charge in [-0.25, -0.2) is 0 Å². The predicted molar refractivity (Wildman–Crippen MR) is 86.5 cm³/mol. The van der Waals surface area contributed by atoms with Crippen molar-refractivity contribution in [3.63, 3.8) is 0 Å². The van der Waals surface area contributed by atoms with Crippen LogP contribution in [0, 0.1) is 0 Å². The van der Waals surface area contributed by atoms with E-state index in [9.17, 15) is 14.7 Å². The molecule has 1 heterocycles. The summed E-state index contributed by atoms with van der Waals surface area (Å²) in [6, 6.07) is 4.46. The molecule has 0 atom stereocenters. The Morgan fingerprint density at radius 2 is 2.05 bits per heavy atom. The van der Waals surface area contributed by atoms with Crippen LogP contribution in [0.3, 0.4) is 0 Å². The van der Waals surface area contributed by atoms with E-state index >= 15 is 0 Å². The molecule has 1 aliphatic rings. The van der Waals surface area contributed by atoms with E-state index in [4.69, 9.17) is 16.3 Å². The van der Waals surface area contributed by atoms with Gasteiger partial charge in [0.2, 0.25) is 11.8 Å². The van der Waals surface area contributed by atoms with Crippen LogP contribution in [0.1, 0.15) is 0 Å². The van der Waals surface area contributed by atoms with Crippen LogP contribution >= 0.6 is 23.4 Å². The lowest BCUT2D eigenvalue weighted by Gasteiger charge is -2.26. The zero-order valence-electron chi connectivity index (χ0n) is 11.9. The maximum atomic E-state index is 11.9. The number of phenolic OH excluding ortho intramolecular Hbond substituents is 1. The second kappa shape index (κ2) is 8.26. The molecule has 6 nitrogen and oxygen atoms in total. The van der Waals surface area contributed by atoms with Crippen LogP contribution in [0.5, 0.6) is 5.75 Å². The largest absolute Gasteiger partial charge is 0.506 e. The number of benzene rings is 1. The lowest BCUT2D eigenvalue weighted by Crippen LogP contribution is -2.41. The van der Waals surface area contributed by atoms with E-state index in [1.165, 1.54) is 23.9 Å². The minimum Gasteiger partial charge on any atom is -0.506 e. The Morgan fingerprint density at radius 3 is 2.73 bits per heavy atom. The summed E-state index contributed by atoms with van der Waals surface area (Å²) in [6.07, 6.45) is 0. The van der Waals surface area contributed by atoms with Crippen molar-refractivity contribution in [2.75, 3.05) is 43.1 Å². The third-order valence-electron chi connectivity index (χ3n) is 3.06. The minimum absolute atomic E-state index is 0.00967. The normalized spacial score (nSPS) is 14.7. The van der Waals surface area contributed by atoms with Gasteiger partial charge in [-0.1, -0.05) is 11.6 Å². The summed E-state index contributed by atoms with van der Waals surface area (Å²) in [4.78, 5) is 25.4. The van der Waals surface area contributed by atoms with E-state index in [2.05, 4.69) is 5.32 Å². The number of thioether (sulfide) groups is 1. The molecule has 1 aromatic rings. The van der Waals surface area contributed by atoms with Crippen LogP contribution in [-0.4, -0.2) is 59.6 Å². The number of aromatic hydroxyl groups is 1. The fourth-order valence-electron chi connectivity index (χ4n) is 1.93. The summed E-state index contributed by atoms with van der Waals surface area (Å²) in [5.41, 5.74) is 0.300. The van der Waals surface area contributed by atoms with E-state index in [0.717, 1.165) is 0 Å². The summed E-state index contributed by atoms with van der Waals surface area (Å²) in [7, 11) is 0. The van der Waals surface area contributed by atoms with Gasteiger partial charge in [0.25, 0.3) is 0 Å². The number of ether oxygens (including phenoxy) is 1. The van der Waals surface area contributed by atoms with Gasteiger partial charge in [0.15, 0.2) is 0 Å². The first-order valence-corrected chi connectivity index (χ1v) is 8.31. The fourth-order valence-corrected chi connectivity index (χ4v) is 2.82. The van der Waals surface area contributed by atoms with Gasteiger partial charge in [-0.3, -0.25) is 9.59 Å². The summed E-state index contributed by atoms with van der Waals surface area (Å²) < 4.78 is 5.18. The number of morpholine rings is 1. The smallest absolute Gasteiger partial charge is 0.234 e. The fraction of sp³-hybridized carbons (Fsp3) is 0.429. The quantitative estimate of drug-likeness (QED) is 0.793. The first-order chi connectivity index (χ1) is 10.6. The Bertz CT molecular complexity index is 550. The van der Waals surface area contributed by atoms with Crippen molar-refractivity contribution >= 4 is 40.9 Å². The van der Waals surface area contributed by atoms with Crippen molar-refractivity contribution in [3.8, 4) is 5.75 Å². The van der Waals surface area contributed by atoms with Gasteiger partial charge in [0.05, 0.1) is 30.4 Å². The molecule has 0 unspecified atom stereocenters. The molecule has 0 aliphatic carbocycles. The zero-order chi connectivity index (χ0) is 15.9. The van der Waals surface area contributed by atoms with Gasteiger partial charge in [-0.15, -0.1) is 11.8 Å². The van der Waals surface area contributed by atoms with Gasteiger partial charge in [0, 0.05) is 24.2 Å². The van der Waals surface area contributed by atoms with Crippen LogP contribution < -0.4 is 5.32 Å². The Kier molecular flexibility index (Phi) is 6.35. The van der Waals surface area contributed by atoms with Crippen molar-refractivity contribution in [3.05, 3.63) is 23.2 Å². The molecule has 22 heavy (non-hydrogen) atoms. The van der Waals surface area contributed by atoms with Crippen LogP contribution in [0.25, 0.3) is 0 Å². The molecule has 0 aromatic heterocycles. The first-order valence-electron chi connectivity index (χ1n) is 6.78. The van der Waals surface area contributed by atoms with E-state index < -0.39 is 0 Å². The highest BCUT2D eigenvalue weighted by atomic mass is 35.5. The second-order valence-corrected chi connectivity index (χ2v) is 6.12. The monoisotopic (exact) mass is 344 g/mol. The molecule has 1 aliphatic heterocycles. The van der Waals surface area contributed by atoms with E-state index in [0.29, 0.717) is 37.0 Å². The third-order valence-corrected chi connectivity index (χ3v) is 4.21. The molecule has 1 aromatic carbocycles. The highest BCUT2D eigenvalue weighted by Gasteiger charge is 2.17. The van der Waals surface area contributed by atoms with Crippen molar-refractivity contribution in [1.82, 2.24) is 4.90 Å². The lowest BCUT2D eigenvalue weighted by molar-refractivity contribution is -0.132. The number of carbonyl (C=O) groups excluding carboxylic acids is 2. The number of nitrogens with one attached hydrogen (secondary N) is 1. The molecule has 1 saturated heterocycles. The highest BCUT2D eigenvalue weighted by molar-refractivity contribution is 8.00. The number of rotatable bonds is 5. The summed E-state index contributed by atoms with van der Waals surface area (Å²) in [5.74, 6) is 0.0288. The molecule has 0 saturated carbocycles. The summed E-state index contributed by atoms with van der Waals surface area (Å²) in [6.45, 7) is 2.33. The molecule has 0 spiro atoms. The highest BCUT2D eigenvalue weighted by Crippen LogP contribution is 2.26. The molecule has 2 amide bonds. The van der Waals surface area contributed by atoms with Gasteiger partial charge in [0.1, 0.15) is 5.75 Å². The van der Waals surface area contributed by atoms with Crippen molar-refractivity contribution < 1.29 is 19.4 Å². The number of hydrogen-bond acceptors (Lipinski definition) is 5. The topological polar surface area (TPSA) is 78.9 Å². The number of hydrogen-bond donors (Lipinski definition) is 2. The average molecular weight is 345 g/mol. The number of nitrogens with zero attached hydrogens (tertiary/aromatic N) is 1. The molecule has 1 fully saturated rings. The Balaban J connectivity index is 1.72. The molecule has 0 radical (unpaired) electrons. The predicted octanol–water partition coefficient (Wildman–Crippen LogP) is 1.58. The van der Waals surface area contributed by atoms with Crippen LogP contribution in [0.4, 0.5) is 5.69 Å². The molecule has 120 valence electrons. The Morgan fingerprint density at radius 1 is 1.32 bits per heavy atom. The Labute approximate surface area is 137 Å². The van der Waals surface area contributed by atoms with Crippen LogP contribution in [0.15, 0.2) is 18.2 Å². The van der Waals surface area contributed by atoms with E-state index in [1.807, 2.05) is 0 Å². The lowest BCUT2D eigenvalue weighted by atomic mass is 10.3. The van der Waals surface area contributed by atoms with Crippen molar-refractivity contribution in [2.45, 2.75) is 0 Å². The first kappa shape index (κ1) is 16.9. The van der Waals surface area contributed by atoms with Gasteiger partial charge in [-0.05, 0) is 12.1 Å². The molecule has 2 N–H and O–H groups in total.